The standard InChI is InChI=1S/2C15H15N.C4H10/c2*1-11(2)16-14-9-5-3-7-12(14)13-8-4-6-10-15(13)16;1-4(2)3/h2*3-11H,1-2H3;4H,1-3H3. The molecule has 0 saturated heterocycles. The predicted octanol–water partition coefficient (Wildman–Crippen LogP) is 10.4. The predicted molar refractivity (Wildman–Crippen MR) is 160 cm³/mol. The molecule has 2 aromatic heterocycles. The van der Waals surface area contributed by atoms with Crippen molar-refractivity contribution in [2.45, 2.75) is 60.5 Å². The van der Waals surface area contributed by atoms with Gasteiger partial charge in [0.1, 0.15) is 0 Å². The van der Waals surface area contributed by atoms with Crippen molar-refractivity contribution in [3.8, 4) is 0 Å². The van der Waals surface area contributed by atoms with Crippen molar-refractivity contribution in [1.82, 2.24) is 9.13 Å². The van der Waals surface area contributed by atoms with E-state index in [9.17, 15) is 0 Å². The fraction of sp³-hybridized carbons (Fsp3) is 0.294. The molecule has 0 atom stereocenters. The van der Waals surface area contributed by atoms with E-state index in [2.05, 4.69) is 155 Å². The van der Waals surface area contributed by atoms with Crippen molar-refractivity contribution < 1.29 is 0 Å². The maximum Gasteiger partial charge on any atom is 0.0493 e. The van der Waals surface area contributed by atoms with Crippen molar-refractivity contribution in [3.05, 3.63) is 97.1 Å². The Kier molecular flexibility index (Phi) is 7.84. The van der Waals surface area contributed by atoms with Crippen LogP contribution in [-0.4, -0.2) is 9.13 Å². The Hall–Kier alpha value is -3.52. The number of aromatic nitrogens is 2. The molecule has 186 valence electrons. The third kappa shape index (κ3) is 5.04. The quantitative estimate of drug-likeness (QED) is 0.235. The Bertz CT molecular complexity index is 1350. The van der Waals surface area contributed by atoms with Gasteiger partial charge in [-0.3, -0.25) is 0 Å². The highest BCUT2D eigenvalue weighted by atomic mass is 15.0. The zero-order valence-corrected chi connectivity index (χ0v) is 22.9. The first-order chi connectivity index (χ1) is 17.3. The summed E-state index contributed by atoms with van der Waals surface area (Å²) in [6, 6.07) is 35.5. The Morgan fingerprint density at radius 1 is 0.361 bits per heavy atom. The van der Waals surface area contributed by atoms with Crippen molar-refractivity contribution in [2.24, 2.45) is 5.92 Å². The molecule has 6 rings (SSSR count). The Labute approximate surface area is 216 Å². The van der Waals surface area contributed by atoms with Crippen LogP contribution in [0.1, 0.15) is 60.5 Å². The van der Waals surface area contributed by atoms with E-state index in [1.165, 1.54) is 43.6 Å². The highest BCUT2D eigenvalue weighted by molar-refractivity contribution is 6.08. The van der Waals surface area contributed by atoms with Gasteiger partial charge in [0.15, 0.2) is 0 Å². The van der Waals surface area contributed by atoms with Gasteiger partial charge in [-0.2, -0.15) is 0 Å². The average Bonchev–Trinajstić information content (AvgIpc) is 3.37. The van der Waals surface area contributed by atoms with Crippen LogP contribution in [0.5, 0.6) is 0 Å². The Morgan fingerprint density at radius 2 is 0.556 bits per heavy atom. The molecule has 0 aliphatic heterocycles. The van der Waals surface area contributed by atoms with Crippen LogP contribution >= 0.6 is 0 Å². The summed E-state index contributed by atoms with van der Waals surface area (Å²) in [5.41, 5.74) is 5.33. The third-order valence-corrected chi connectivity index (χ3v) is 6.27. The second kappa shape index (κ2) is 11.0. The molecule has 0 bridgehead atoms. The van der Waals surface area contributed by atoms with Crippen LogP contribution in [0.2, 0.25) is 0 Å². The van der Waals surface area contributed by atoms with Gasteiger partial charge in [0.25, 0.3) is 0 Å². The SMILES string of the molecule is CC(C)C.CC(C)n1c2ccccc2c2ccccc21.CC(C)n1c2ccccc2c2ccccc21. The molecule has 2 nitrogen and oxygen atoms in total. The summed E-state index contributed by atoms with van der Waals surface area (Å²) in [5.74, 6) is 0.833. The topological polar surface area (TPSA) is 9.86 Å². The maximum absolute atomic E-state index is 2.41. The molecule has 0 saturated carbocycles. The highest BCUT2D eigenvalue weighted by Crippen LogP contribution is 2.32. The molecule has 0 amide bonds. The summed E-state index contributed by atoms with van der Waals surface area (Å²) < 4.78 is 4.81. The molecule has 0 aliphatic carbocycles. The van der Waals surface area contributed by atoms with Crippen LogP contribution in [0.15, 0.2) is 97.1 Å². The fourth-order valence-electron chi connectivity index (χ4n) is 5.02. The van der Waals surface area contributed by atoms with Crippen LogP contribution < -0.4 is 0 Å². The number of benzene rings is 4. The van der Waals surface area contributed by atoms with Gasteiger partial charge >= 0.3 is 0 Å². The van der Waals surface area contributed by atoms with Gasteiger partial charge < -0.3 is 9.13 Å². The summed E-state index contributed by atoms with van der Waals surface area (Å²) in [7, 11) is 0. The van der Waals surface area contributed by atoms with Crippen molar-refractivity contribution in [3.63, 3.8) is 0 Å². The summed E-state index contributed by atoms with van der Waals surface area (Å²) in [5, 5.41) is 5.41. The van der Waals surface area contributed by atoms with Gasteiger partial charge in [-0.25, -0.2) is 0 Å². The summed E-state index contributed by atoms with van der Waals surface area (Å²) in [4.78, 5) is 0. The molecule has 36 heavy (non-hydrogen) atoms. The van der Waals surface area contributed by atoms with E-state index >= 15 is 0 Å². The minimum atomic E-state index is 0.491. The van der Waals surface area contributed by atoms with E-state index in [4.69, 9.17) is 0 Å². The molecule has 0 fully saturated rings. The first-order valence-electron chi connectivity index (χ1n) is 13.3. The van der Waals surface area contributed by atoms with Crippen LogP contribution in [0.25, 0.3) is 43.6 Å². The number of rotatable bonds is 2. The zero-order valence-electron chi connectivity index (χ0n) is 22.9. The van der Waals surface area contributed by atoms with E-state index in [1.807, 2.05) is 0 Å². The van der Waals surface area contributed by atoms with Gasteiger partial charge in [0.05, 0.1) is 0 Å². The van der Waals surface area contributed by atoms with Crippen LogP contribution in [-0.2, 0) is 0 Å². The third-order valence-electron chi connectivity index (χ3n) is 6.27. The smallest absolute Gasteiger partial charge is 0.0493 e. The monoisotopic (exact) mass is 476 g/mol. The number of hydrogen-bond acceptors (Lipinski definition) is 0. The normalized spacial score (nSPS) is 11.4. The first kappa shape index (κ1) is 25.6. The van der Waals surface area contributed by atoms with E-state index in [-0.39, 0.29) is 0 Å². The van der Waals surface area contributed by atoms with Gasteiger partial charge in [-0.15, -0.1) is 0 Å². The van der Waals surface area contributed by atoms with Crippen LogP contribution in [0, 0.1) is 5.92 Å². The van der Waals surface area contributed by atoms with E-state index in [0.29, 0.717) is 12.1 Å². The van der Waals surface area contributed by atoms with Gasteiger partial charge in [0.2, 0.25) is 0 Å². The van der Waals surface area contributed by atoms with Gasteiger partial charge in [-0.1, -0.05) is 93.6 Å². The lowest BCUT2D eigenvalue weighted by molar-refractivity contribution is 0.642. The fourth-order valence-corrected chi connectivity index (χ4v) is 5.02. The molecule has 2 heteroatoms. The van der Waals surface area contributed by atoms with E-state index < -0.39 is 0 Å². The van der Waals surface area contributed by atoms with Crippen LogP contribution in [0.3, 0.4) is 0 Å². The molecular weight excluding hydrogens is 436 g/mol. The lowest BCUT2D eigenvalue weighted by Gasteiger charge is -2.10. The number of para-hydroxylation sites is 4. The second-order valence-electron chi connectivity index (χ2n) is 10.7. The molecule has 0 spiro atoms. The summed E-state index contributed by atoms with van der Waals surface area (Å²) in [6.45, 7) is 15.4. The molecule has 2 heterocycles. The molecular formula is C34H40N2. The van der Waals surface area contributed by atoms with Crippen LogP contribution in [0.4, 0.5) is 0 Å². The van der Waals surface area contributed by atoms with Crippen molar-refractivity contribution >= 4 is 43.6 Å². The highest BCUT2D eigenvalue weighted by Gasteiger charge is 2.12. The lowest BCUT2D eigenvalue weighted by Crippen LogP contribution is -1.99. The number of fused-ring (bicyclic) bond motifs is 6. The maximum atomic E-state index is 2.41. The summed E-state index contributed by atoms with van der Waals surface area (Å²) >= 11 is 0. The second-order valence-corrected chi connectivity index (χ2v) is 10.7. The molecule has 0 N–H and O–H groups in total. The average molecular weight is 477 g/mol. The Morgan fingerprint density at radius 3 is 0.750 bits per heavy atom. The van der Waals surface area contributed by atoms with Gasteiger partial charge in [-0.05, 0) is 57.9 Å². The molecule has 0 aliphatic rings. The summed E-state index contributed by atoms with van der Waals surface area (Å²) in [6.07, 6.45) is 0. The van der Waals surface area contributed by atoms with E-state index in [1.54, 1.807) is 0 Å². The zero-order chi connectivity index (χ0) is 25.8. The first-order valence-corrected chi connectivity index (χ1v) is 13.3. The van der Waals surface area contributed by atoms with Crippen molar-refractivity contribution in [1.29, 1.82) is 0 Å². The number of hydrogen-bond donors (Lipinski definition) is 0. The lowest BCUT2D eigenvalue weighted by atomic mass is 10.2. The minimum Gasteiger partial charge on any atom is -0.338 e. The molecule has 0 unspecified atom stereocenters. The number of nitrogens with zero attached hydrogens (tertiary/aromatic N) is 2. The molecule has 6 aromatic rings. The van der Waals surface area contributed by atoms with Crippen molar-refractivity contribution in [2.75, 3.05) is 0 Å². The van der Waals surface area contributed by atoms with E-state index in [0.717, 1.165) is 5.92 Å². The van der Waals surface area contributed by atoms with Gasteiger partial charge in [0, 0.05) is 55.7 Å². The molecule has 0 radical (unpaired) electrons. The Balaban J connectivity index is 0.000000148. The minimum absolute atomic E-state index is 0.491. The molecule has 4 aromatic carbocycles. The largest absolute Gasteiger partial charge is 0.338 e.